The van der Waals surface area contributed by atoms with Gasteiger partial charge in [0.25, 0.3) is 0 Å². The summed E-state index contributed by atoms with van der Waals surface area (Å²) in [5.74, 6) is -2.87. The molecule has 108 valence electrons. The third kappa shape index (κ3) is 3.30. The van der Waals surface area contributed by atoms with Crippen LogP contribution in [0.25, 0.3) is 0 Å². The summed E-state index contributed by atoms with van der Waals surface area (Å²) in [4.78, 5) is 22.4. The maximum Gasteiger partial charge on any atom is 0.332 e. The van der Waals surface area contributed by atoms with E-state index < -0.39 is 35.7 Å². The molecule has 1 aliphatic rings. The Morgan fingerprint density at radius 1 is 1.30 bits per heavy atom. The zero-order valence-electron chi connectivity index (χ0n) is 10.4. The van der Waals surface area contributed by atoms with Gasteiger partial charge in [-0.25, -0.2) is 13.6 Å². The van der Waals surface area contributed by atoms with E-state index in [1.165, 1.54) is 0 Å². The predicted molar refractivity (Wildman–Crippen MR) is 63.7 cm³/mol. The van der Waals surface area contributed by atoms with Gasteiger partial charge < -0.3 is 15.2 Å². The molecule has 0 bridgehead atoms. The standard InChI is InChI=1S/C13H13F2NO4/c14-8-1-2-9(15)7(5-8)6-16-12(17)10-3-4-11(20-10)13(18)19/h1-2,5,10-11H,3-4,6H2,(H,16,17)(H,18,19)/t10-,11+/m0/s1. The number of carboxylic acids is 1. The van der Waals surface area contributed by atoms with Gasteiger partial charge in [-0.05, 0) is 31.0 Å². The normalized spacial score (nSPS) is 21.7. The molecule has 2 atom stereocenters. The summed E-state index contributed by atoms with van der Waals surface area (Å²) >= 11 is 0. The van der Waals surface area contributed by atoms with Gasteiger partial charge in [0, 0.05) is 12.1 Å². The fraction of sp³-hybridized carbons (Fsp3) is 0.385. The van der Waals surface area contributed by atoms with Crippen molar-refractivity contribution < 1.29 is 28.2 Å². The monoisotopic (exact) mass is 285 g/mol. The van der Waals surface area contributed by atoms with Crippen LogP contribution in [0.3, 0.4) is 0 Å². The van der Waals surface area contributed by atoms with Gasteiger partial charge in [-0.15, -0.1) is 0 Å². The molecule has 7 heteroatoms. The molecule has 0 aromatic heterocycles. The number of carbonyl (C=O) groups excluding carboxylic acids is 1. The zero-order valence-corrected chi connectivity index (χ0v) is 10.4. The number of rotatable bonds is 4. The third-order valence-electron chi connectivity index (χ3n) is 3.05. The largest absolute Gasteiger partial charge is 0.479 e. The van der Waals surface area contributed by atoms with Crippen LogP contribution in [0.1, 0.15) is 18.4 Å². The second kappa shape index (κ2) is 5.96. The number of hydrogen-bond donors (Lipinski definition) is 2. The molecule has 1 aromatic rings. The number of aliphatic carboxylic acids is 1. The summed E-state index contributed by atoms with van der Waals surface area (Å²) in [6.45, 7) is -0.181. The van der Waals surface area contributed by atoms with Gasteiger partial charge in [-0.3, -0.25) is 4.79 Å². The van der Waals surface area contributed by atoms with Crippen LogP contribution in [0, 0.1) is 11.6 Å². The van der Waals surface area contributed by atoms with Crippen molar-refractivity contribution in [1.29, 1.82) is 0 Å². The average Bonchev–Trinajstić information content (AvgIpc) is 2.89. The highest BCUT2D eigenvalue weighted by molar-refractivity contribution is 5.82. The van der Waals surface area contributed by atoms with Crippen molar-refractivity contribution in [3.63, 3.8) is 0 Å². The first-order valence-corrected chi connectivity index (χ1v) is 6.07. The van der Waals surface area contributed by atoms with E-state index in [1.54, 1.807) is 0 Å². The maximum absolute atomic E-state index is 13.3. The molecule has 2 rings (SSSR count). The van der Waals surface area contributed by atoms with E-state index >= 15 is 0 Å². The van der Waals surface area contributed by atoms with Gasteiger partial charge in [0.05, 0.1) is 0 Å². The lowest BCUT2D eigenvalue weighted by Gasteiger charge is -2.12. The quantitative estimate of drug-likeness (QED) is 0.872. The fourth-order valence-corrected chi connectivity index (χ4v) is 1.99. The predicted octanol–water partition coefficient (Wildman–Crippen LogP) is 1.21. The highest BCUT2D eigenvalue weighted by atomic mass is 19.1. The minimum Gasteiger partial charge on any atom is -0.479 e. The molecule has 0 radical (unpaired) electrons. The molecule has 0 spiro atoms. The second-order valence-electron chi connectivity index (χ2n) is 4.48. The van der Waals surface area contributed by atoms with Crippen molar-refractivity contribution in [1.82, 2.24) is 5.32 Å². The van der Waals surface area contributed by atoms with E-state index in [0.717, 1.165) is 18.2 Å². The van der Waals surface area contributed by atoms with Crippen LogP contribution in [-0.2, 0) is 20.9 Å². The van der Waals surface area contributed by atoms with Gasteiger partial charge >= 0.3 is 5.97 Å². The second-order valence-corrected chi connectivity index (χ2v) is 4.48. The lowest BCUT2D eigenvalue weighted by atomic mass is 10.1. The summed E-state index contributed by atoms with van der Waals surface area (Å²) < 4.78 is 31.3. The molecule has 0 unspecified atom stereocenters. The van der Waals surface area contributed by atoms with Gasteiger partial charge in [0.15, 0.2) is 6.10 Å². The van der Waals surface area contributed by atoms with Gasteiger partial charge in [0.2, 0.25) is 5.91 Å². The summed E-state index contributed by atoms with van der Waals surface area (Å²) in [6.07, 6.45) is -1.32. The molecule has 1 fully saturated rings. The number of carboxylic acid groups (broad SMARTS) is 1. The highest BCUT2D eigenvalue weighted by Gasteiger charge is 2.34. The molecular weight excluding hydrogens is 272 g/mol. The minimum atomic E-state index is -1.11. The van der Waals surface area contributed by atoms with E-state index in [0.29, 0.717) is 0 Å². The molecule has 0 saturated carbocycles. The van der Waals surface area contributed by atoms with Crippen LogP contribution in [0.5, 0.6) is 0 Å². The Morgan fingerprint density at radius 3 is 2.65 bits per heavy atom. The van der Waals surface area contributed by atoms with Crippen molar-refractivity contribution in [2.45, 2.75) is 31.6 Å². The van der Waals surface area contributed by atoms with Crippen LogP contribution in [-0.4, -0.2) is 29.2 Å². The molecule has 1 aromatic carbocycles. The molecule has 5 nitrogen and oxygen atoms in total. The lowest BCUT2D eigenvalue weighted by molar-refractivity contribution is -0.151. The summed E-state index contributed by atoms with van der Waals surface area (Å²) in [5.41, 5.74) is 0.0196. The number of carbonyl (C=O) groups is 2. The molecule has 1 saturated heterocycles. The topological polar surface area (TPSA) is 75.6 Å². The van der Waals surface area contributed by atoms with E-state index in [4.69, 9.17) is 9.84 Å². The molecule has 1 aliphatic heterocycles. The smallest absolute Gasteiger partial charge is 0.332 e. The number of amides is 1. The summed E-state index contributed by atoms with van der Waals surface area (Å²) in [6, 6.07) is 2.95. The molecule has 1 heterocycles. The van der Waals surface area contributed by atoms with Crippen molar-refractivity contribution in [2.24, 2.45) is 0 Å². The Bertz CT molecular complexity index is 535. The first kappa shape index (κ1) is 14.4. The first-order valence-electron chi connectivity index (χ1n) is 6.07. The van der Waals surface area contributed by atoms with Gasteiger partial charge in [0.1, 0.15) is 17.7 Å². The number of benzene rings is 1. The van der Waals surface area contributed by atoms with E-state index in [-0.39, 0.29) is 24.9 Å². The summed E-state index contributed by atoms with van der Waals surface area (Å²) in [7, 11) is 0. The molecular formula is C13H13F2NO4. The van der Waals surface area contributed by atoms with E-state index in [2.05, 4.69) is 5.32 Å². The van der Waals surface area contributed by atoms with Crippen LogP contribution in [0.2, 0.25) is 0 Å². The molecule has 2 N–H and O–H groups in total. The number of nitrogens with one attached hydrogen (secondary N) is 1. The van der Waals surface area contributed by atoms with E-state index in [1.807, 2.05) is 0 Å². The molecule has 1 amide bonds. The Kier molecular flexibility index (Phi) is 4.29. The van der Waals surface area contributed by atoms with Crippen LogP contribution < -0.4 is 5.32 Å². The number of ether oxygens (including phenoxy) is 1. The Hall–Kier alpha value is -2.02. The summed E-state index contributed by atoms with van der Waals surface area (Å²) in [5, 5.41) is 11.1. The van der Waals surface area contributed by atoms with E-state index in [9.17, 15) is 18.4 Å². The van der Waals surface area contributed by atoms with Crippen LogP contribution in [0.4, 0.5) is 8.78 Å². The van der Waals surface area contributed by atoms with Gasteiger partial charge in [-0.1, -0.05) is 0 Å². The average molecular weight is 285 g/mol. The van der Waals surface area contributed by atoms with Crippen LogP contribution in [0.15, 0.2) is 18.2 Å². The van der Waals surface area contributed by atoms with Crippen molar-refractivity contribution in [2.75, 3.05) is 0 Å². The molecule has 20 heavy (non-hydrogen) atoms. The first-order chi connectivity index (χ1) is 9.47. The third-order valence-corrected chi connectivity index (χ3v) is 3.05. The molecule has 0 aliphatic carbocycles. The highest BCUT2D eigenvalue weighted by Crippen LogP contribution is 2.20. The van der Waals surface area contributed by atoms with Crippen molar-refractivity contribution >= 4 is 11.9 Å². The number of hydrogen-bond acceptors (Lipinski definition) is 3. The van der Waals surface area contributed by atoms with Crippen molar-refractivity contribution in [3.05, 3.63) is 35.4 Å². The maximum atomic E-state index is 13.3. The SMILES string of the molecule is O=C(NCc1cc(F)ccc1F)[C@@H]1CC[C@H](C(=O)O)O1. The minimum absolute atomic E-state index is 0.0196. The van der Waals surface area contributed by atoms with Crippen molar-refractivity contribution in [3.8, 4) is 0 Å². The lowest BCUT2D eigenvalue weighted by Crippen LogP contribution is -2.35. The zero-order chi connectivity index (χ0) is 14.7. The fourth-order valence-electron chi connectivity index (χ4n) is 1.99. The Balaban J connectivity index is 1.90. The Labute approximate surface area is 113 Å². The van der Waals surface area contributed by atoms with Crippen LogP contribution >= 0.6 is 0 Å². The van der Waals surface area contributed by atoms with Gasteiger partial charge in [-0.2, -0.15) is 0 Å². The Morgan fingerprint density at radius 2 is 2.00 bits per heavy atom. The number of halogens is 2.